The normalized spacial score (nSPS) is 18.2. The maximum atomic E-state index is 15.0. The summed E-state index contributed by atoms with van der Waals surface area (Å²) in [6.45, 7) is 4.43. The van der Waals surface area contributed by atoms with Crippen molar-refractivity contribution in [3.8, 4) is 5.75 Å². The van der Waals surface area contributed by atoms with E-state index in [1.807, 2.05) is 36.9 Å². The van der Waals surface area contributed by atoms with E-state index in [1.165, 1.54) is 12.3 Å². The van der Waals surface area contributed by atoms with Crippen LogP contribution in [0.4, 0.5) is 23.2 Å². The highest BCUT2D eigenvalue weighted by Gasteiger charge is 2.44. The molecule has 0 saturated heterocycles. The lowest BCUT2D eigenvalue weighted by Crippen LogP contribution is -2.31. The Morgan fingerprint density at radius 3 is 2.47 bits per heavy atom. The molecule has 1 unspecified atom stereocenters. The van der Waals surface area contributed by atoms with Crippen molar-refractivity contribution in [1.82, 2.24) is 5.43 Å². The molecule has 1 heterocycles. The highest BCUT2D eigenvalue weighted by atomic mass is 19.4. The molecule has 1 N–H and O–H groups in total. The van der Waals surface area contributed by atoms with Gasteiger partial charge in [-0.3, -0.25) is 4.79 Å². The third-order valence-electron chi connectivity index (χ3n) is 6.69. The lowest BCUT2D eigenvalue weighted by Gasteiger charge is -2.30. The fourth-order valence-corrected chi connectivity index (χ4v) is 4.79. The van der Waals surface area contributed by atoms with Crippen LogP contribution in [-0.4, -0.2) is 25.8 Å². The molecule has 4 rings (SSSR count). The molecule has 0 fully saturated rings. The lowest BCUT2D eigenvalue weighted by molar-refractivity contribution is -0.137. The average Bonchev–Trinajstić information content (AvgIpc) is 3.13. The van der Waals surface area contributed by atoms with E-state index in [0.29, 0.717) is 23.9 Å². The Labute approximate surface area is 218 Å². The van der Waals surface area contributed by atoms with Crippen LogP contribution in [0, 0.1) is 5.82 Å². The van der Waals surface area contributed by atoms with E-state index in [-0.39, 0.29) is 17.9 Å². The molecule has 3 aromatic carbocycles. The van der Waals surface area contributed by atoms with Gasteiger partial charge in [0.1, 0.15) is 11.6 Å². The second kappa shape index (κ2) is 10.7. The molecule has 0 aromatic heterocycles. The standard InChI is InChI=1S/C29H27F4N3O2/c1-4-36-25-13-12-22(38-3)17-23(25)28(2,18-20-10-11-21(16-24(20)30)29(31,32)33)26(36)14-15-34-35-27(37)19-8-6-5-7-9-19/h5-17H,4,18H2,1-3H3,(H,35,37)/b26-14-,34-15+. The summed E-state index contributed by atoms with van der Waals surface area (Å²) in [5, 5.41) is 4.05. The summed E-state index contributed by atoms with van der Waals surface area (Å²) in [7, 11) is 1.54. The second-order valence-corrected chi connectivity index (χ2v) is 9.08. The van der Waals surface area contributed by atoms with Gasteiger partial charge in [0.05, 0.1) is 12.7 Å². The van der Waals surface area contributed by atoms with Crippen molar-refractivity contribution in [3.05, 3.63) is 107 Å². The van der Waals surface area contributed by atoms with Gasteiger partial charge >= 0.3 is 6.18 Å². The molecule has 0 bridgehead atoms. The second-order valence-electron chi connectivity index (χ2n) is 9.08. The molecule has 9 heteroatoms. The maximum Gasteiger partial charge on any atom is 0.416 e. The van der Waals surface area contributed by atoms with Gasteiger partial charge in [-0.2, -0.15) is 18.3 Å². The van der Waals surface area contributed by atoms with Crippen LogP contribution in [0.2, 0.25) is 0 Å². The number of hydrogen-bond acceptors (Lipinski definition) is 4. The monoisotopic (exact) mass is 525 g/mol. The number of nitrogens with one attached hydrogen (secondary N) is 1. The topological polar surface area (TPSA) is 53.9 Å². The summed E-state index contributed by atoms with van der Waals surface area (Å²) in [6, 6.07) is 16.8. The number of carbonyl (C=O) groups excluding carboxylic acids is 1. The highest BCUT2D eigenvalue weighted by Crippen LogP contribution is 2.50. The Morgan fingerprint density at radius 1 is 1.11 bits per heavy atom. The Kier molecular flexibility index (Phi) is 7.57. The molecule has 1 amide bonds. The van der Waals surface area contributed by atoms with Crippen molar-refractivity contribution in [1.29, 1.82) is 0 Å². The van der Waals surface area contributed by atoms with Gasteiger partial charge in [0, 0.05) is 35.1 Å². The van der Waals surface area contributed by atoms with Crippen LogP contribution in [0.5, 0.6) is 5.75 Å². The fourth-order valence-electron chi connectivity index (χ4n) is 4.79. The van der Waals surface area contributed by atoms with Gasteiger partial charge in [0.2, 0.25) is 0 Å². The van der Waals surface area contributed by atoms with Crippen molar-refractivity contribution in [2.24, 2.45) is 5.10 Å². The maximum absolute atomic E-state index is 15.0. The first-order chi connectivity index (χ1) is 18.1. The van der Waals surface area contributed by atoms with Crippen LogP contribution in [-0.2, 0) is 18.0 Å². The first-order valence-corrected chi connectivity index (χ1v) is 12.0. The number of carbonyl (C=O) groups is 1. The van der Waals surface area contributed by atoms with Gasteiger partial charge in [-0.15, -0.1) is 0 Å². The molecule has 198 valence electrons. The molecule has 1 atom stereocenters. The van der Waals surface area contributed by atoms with E-state index in [2.05, 4.69) is 10.5 Å². The SMILES string of the molecule is CCN1/C(=C\C=N\NC(=O)c2ccccc2)C(C)(Cc2ccc(C(F)(F)F)cc2F)c2cc(OC)ccc21. The zero-order valence-corrected chi connectivity index (χ0v) is 21.1. The van der Waals surface area contributed by atoms with Crippen molar-refractivity contribution in [3.63, 3.8) is 0 Å². The van der Waals surface area contributed by atoms with Gasteiger partial charge < -0.3 is 9.64 Å². The molecule has 1 aliphatic rings. The minimum Gasteiger partial charge on any atom is -0.497 e. The van der Waals surface area contributed by atoms with Crippen molar-refractivity contribution in [2.45, 2.75) is 31.9 Å². The minimum absolute atomic E-state index is 0.0870. The number of nitrogens with zero attached hydrogens (tertiary/aromatic N) is 2. The number of likely N-dealkylation sites (N-methyl/N-ethyl adjacent to an activating group) is 1. The number of hydrogen-bond donors (Lipinski definition) is 1. The van der Waals surface area contributed by atoms with Gasteiger partial charge in [-0.25, -0.2) is 9.82 Å². The molecule has 0 spiro atoms. The Morgan fingerprint density at radius 2 is 1.84 bits per heavy atom. The average molecular weight is 526 g/mol. The number of amides is 1. The summed E-state index contributed by atoms with van der Waals surface area (Å²) in [5.41, 5.74) is 3.67. The predicted molar refractivity (Wildman–Crippen MR) is 139 cm³/mol. The number of allylic oxidation sites excluding steroid dienone is 2. The van der Waals surface area contributed by atoms with E-state index in [0.717, 1.165) is 23.0 Å². The van der Waals surface area contributed by atoms with E-state index >= 15 is 0 Å². The van der Waals surface area contributed by atoms with Crippen molar-refractivity contribution < 1.29 is 27.1 Å². The number of benzene rings is 3. The quantitative estimate of drug-likeness (QED) is 0.218. The molecule has 5 nitrogen and oxygen atoms in total. The molecular formula is C29H27F4N3O2. The first kappa shape index (κ1) is 26.9. The number of anilines is 1. The Balaban J connectivity index is 1.72. The van der Waals surface area contributed by atoms with E-state index in [9.17, 15) is 22.4 Å². The third kappa shape index (κ3) is 5.27. The lowest BCUT2D eigenvalue weighted by atomic mass is 9.76. The number of rotatable bonds is 7. The minimum atomic E-state index is -4.64. The summed E-state index contributed by atoms with van der Waals surface area (Å²) in [6.07, 6.45) is -1.38. The molecule has 1 aliphatic heterocycles. The molecule has 0 radical (unpaired) electrons. The van der Waals surface area contributed by atoms with Gasteiger partial charge in [0.15, 0.2) is 0 Å². The Hall–Kier alpha value is -4.14. The van der Waals surface area contributed by atoms with Crippen LogP contribution in [0.3, 0.4) is 0 Å². The zero-order chi connectivity index (χ0) is 27.5. The third-order valence-corrected chi connectivity index (χ3v) is 6.69. The van der Waals surface area contributed by atoms with E-state index in [4.69, 9.17) is 4.74 Å². The van der Waals surface area contributed by atoms with Gasteiger partial charge in [-0.05, 0) is 79.9 Å². The van der Waals surface area contributed by atoms with Crippen LogP contribution >= 0.6 is 0 Å². The highest BCUT2D eigenvalue weighted by molar-refractivity contribution is 5.94. The summed E-state index contributed by atoms with van der Waals surface area (Å²) in [5.74, 6) is -0.700. The molecule has 0 aliphatic carbocycles. The summed E-state index contributed by atoms with van der Waals surface area (Å²) >= 11 is 0. The van der Waals surface area contributed by atoms with Crippen LogP contribution in [0.1, 0.15) is 40.9 Å². The molecule has 38 heavy (non-hydrogen) atoms. The number of fused-ring (bicyclic) bond motifs is 1. The fraction of sp³-hybridized carbons (Fsp3) is 0.241. The van der Waals surface area contributed by atoms with Crippen LogP contribution in [0.25, 0.3) is 0 Å². The van der Waals surface area contributed by atoms with Crippen LogP contribution in [0.15, 0.2) is 83.6 Å². The largest absolute Gasteiger partial charge is 0.497 e. The first-order valence-electron chi connectivity index (χ1n) is 12.0. The van der Waals surface area contributed by atoms with Gasteiger partial charge in [0.25, 0.3) is 5.91 Å². The molecular weight excluding hydrogens is 498 g/mol. The van der Waals surface area contributed by atoms with E-state index in [1.54, 1.807) is 43.5 Å². The molecule has 3 aromatic rings. The summed E-state index contributed by atoms with van der Waals surface area (Å²) < 4.78 is 59.7. The number of ether oxygens (including phenoxy) is 1. The predicted octanol–water partition coefficient (Wildman–Crippen LogP) is 6.49. The van der Waals surface area contributed by atoms with Gasteiger partial charge in [-0.1, -0.05) is 24.3 Å². The zero-order valence-electron chi connectivity index (χ0n) is 21.1. The van der Waals surface area contributed by atoms with Crippen molar-refractivity contribution >= 4 is 17.8 Å². The number of alkyl halides is 3. The van der Waals surface area contributed by atoms with Crippen molar-refractivity contribution in [2.75, 3.05) is 18.6 Å². The Bertz CT molecular complexity index is 1390. The number of halogens is 4. The number of hydrazone groups is 1. The number of methoxy groups -OCH3 is 1. The molecule has 0 saturated carbocycles. The van der Waals surface area contributed by atoms with Crippen LogP contribution < -0.4 is 15.1 Å². The smallest absolute Gasteiger partial charge is 0.416 e. The van der Waals surface area contributed by atoms with E-state index < -0.39 is 23.0 Å². The summed E-state index contributed by atoms with van der Waals surface area (Å²) in [4.78, 5) is 14.4.